The fourth-order valence-corrected chi connectivity index (χ4v) is 2.01. The molecule has 1 amide bonds. The smallest absolute Gasteiger partial charge is 0.328 e. The van der Waals surface area contributed by atoms with Crippen LogP contribution >= 0.6 is 39.1 Å². The third-order valence-electron chi connectivity index (χ3n) is 2.18. The van der Waals surface area contributed by atoms with Crippen molar-refractivity contribution in [3.05, 3.63) is 33.3 Å². The molecule has 0 unspecified atom stereocenters. The normalized spacial score (nSPS) is 11.5. The van der Waals surface area contributed by atoms with Crippen molar-refractivity contribution in [3.8, 4) is 0 Å². The molecule has 1 aromatic rings. The standard InChI is InChI=1S/C11H9BrCl2F3NO/c12-8-2-1-7(5-9(8)14)10(19)18(4-3-13)6-11(15,16)17/h1-2,5H,3-4,6H2. The first-order chi connectivity index (χ1) is 8.74. The third kappa shape index (κ3) is 5.20. The molecule has 1 aromatic carbocycles. The molecule has 19 heavy (non-hydrogen) atoms. The second-order valence-corrected chi connectivity index (χ2v) is 5.30. The lowest BCUT2D eigenvalue weighted by molar-refractivity contribution is -0.140. The van der Waals surface area contributed by atoms with Crippen LogP contribution in [0.2, 0.25) is 5.02 Å². The Morgan fingerprint density at radius 2 is 2.00 bits per heavy atom. The van der Waals surface area contributed by atoms with Crippen LogP contribution in [0.4, 0.5) is 13.2 Å². The Morgan fingerprint density at radius 3 is 2.47 bits per heavy atom. The highest BCUT2D eigenvalue weighted by atomic mass is 79.9. The van der Waals surface area contributed by atoms with Gasteiger partial charge >= 0.3 is 6.18 Å². The van der Waals surface area contributed by atoms with E-state index in [1.165, 1.54) is 18.2 Å². The zero-order valence-corrected chi connectivity index (χ0v) is 12.6. The van der Waals surface area contributed by atoms with Crippen LogP contribution in [-0.4, -0.2) is 36.0 Å². The van der Waals surface area contributed by atoms with Gasteiger partial charge in [-0.05, 0) is 34.1 Å². The van der Waals surface area contributed by atoms with Crippen LogP contribution in [0.25, 0.3) is 0 Å². The fourth-order valence-electron chi connectivity index (χ4n) is 1.38. The lowest BCUT2D eigenvalue weighted by Crippen LogP contribution is -2.40. The molecule has 8 heteroatoms. The van der Waals surface area contributed by atoms with Gasteiger partial charge in [-0.2, -0.15) is 13.2 Å². The van der Waals surface area contributed by atoms with Crippen molar-refractivity contribution in [2.45, 2.75) is 6.18 Å². The summed E-state index contributed by atoms with van der Waals surface area (Å²) < 4.78 is 37.7. The molecule has 0 saturated carbocycles. The minimum Gasteiger partial charge on any atom is -0.328 e. The summed E-state index contributed by atoms with van der Waals surface area (Å²) in [5.74, 6) is -0.834. The Hall–Kier alpha value is -0.460. The Bertz CT molecular complexity index is 468. The van der Waals surface area contributed by atoms with Crippen molar-refractivity contribution in [2.24, 2.45) is 0 Å². The number of carbonyl (C=O) groups excluding carboxylic acids is 1. The monoisotopic (exact) mass is 377 g/mol. The molecule has 0 fully saturated rings. The van der Waals surface area contributed by atoms with Crippen LogP contribution in [0.5, 0.6) is 0 Å². The Morgan fingerprint density at radius 1 is 1.37 bits per heavy atom. The van der Waals surface area contributed by atoms with Crippen LogP contribution in [0, 0.1) is 0 Å². The summed E-state index contributed by atoms with van der Waals surface area (Å²) in [7, 11) is 0. The van der Waals surface area contributed by atoms with Crippen LogP contribution in [0.15, 0.2) is 22.7 Å². The maximum Gasteiger partial charge on any atom is 0.406 e. The van der Waals surface area contributed by atoms with Gasteiger partial charge in [-0.1, -0.05) is 11.6 Å². The van der Waals surface area contributed by atoms with Crippen LogP contribution in [-0.2, 0) is 0 Å². The van der Waals surface area contributed by atoms with Crippen LogP contribution in [0.1, 0.15) is 10.4 Å². The molecule has 0 radical (unpaired) electrons. The third-order valence-corrected chi connectivity index (χ3v) is 3.58. The first kappa shape index (κ1) is 16.6. The number of amides is 1. The molecule has 0 heterocycles. The molecular formula is C11H9BrCl2F3NO. The summed E-state index contributed by atoms with van der Waals surface area (Å²) in [4.78, 5) is 12.6. The van der Waals surface area contributed by atoms with Gasteiger partial charge in [-0.3, -0.25) is 4.79 Å². The summed E-state index contributed by atoms with van der Waals surface area (Å²) in [5, 5.41) is 0.253. The fraction of sp³-hybridized carbons (Fsp3) is 0.364. The number of hydrogen-bond donors (Lipinski definition) is 0. The highest BCUT2D eigenvalue weighted by Crippen LogP contribution is 2.25. The van der Waals surface area contributed by atoms with Gasteiger partial charge in [0.25, 0.3) is 5.91 Å². The Labute approximate surface area is 126 Å². The molecule has 0 bridgehead atoms. The highest BCUT2D eigenvalue weighted by molar-refractivity contribution is 9.10. The van der Waals surface area contributed by atoms with Crippen molar-refractivity contribution in [1.82, 2.24) is 4.90 Å². The molecule has 1 rings (SSSR count). The number of rotatable bonds is 4. The molecule has 0 aromatic heterocycles. The zero-order valence-electron chi connectivity index (χ0n) is 9.48. The minimum atomic E-state index is -4.47. The average molecular weight is 379 g/mol. The van der Waals surface area contributed by atoms with Crippen molar-refractivity contribution in [3.63, 3.8) is 0 Å². The maximum atomic E-state index is 12.4. The second kappa shape index (κ2) is 6.81. The molecule has 0 spiro atoms. The van der Waals surface area contributed by atoms with E-state index in [0.717, 1.165) is 0 Å². The van der Waals surface area contributed by atoms with E-state index in [1.807, 2.05) is 0 Å². The van der Waals surface area contributed by atoms with Gasteiger partial charge in [0.1, 0.15) is 6.54 Å². The Balaban J connectivity index is 2.95. The number of halogens is 6. The maximum absolute atomic E-state index is 12.4. The van der Waals surface area contributed by atoms with E-state index in [1.54, 1.807) is 0 Å². The van der Waals surface area contributed by atoms with E-state index in [0.29, 0.717) is 9.37 Å². The first-order valence-corrected chi connectivity index (χ1v) is 6.82. The van der Waals surface area contributed by atoms with Gasteiger partial charge in [0.05, 0.1) is 5.02 Å². The summed E-state index contributed by atoms with van der Waals surface area (Å²) in [6, 6.07) is 4.21. The first-order valence-electron chi connectivity index (χ1n) is 5.11. The van der Waals surface area contributed by atoms with E-state index < -0.39 is 18.6 Å². The number of alkyl halides is 4. The SMILES string of the molecule is O=C(c1ccc(Br)c(Cl)c1)N(CCCl)CC(F)(F)F. The van der Waals surface area contributed by atoms with E-state index in [4.69, 9.17) is 23.2 Å². The molecule has 0 N–H and O–H groups in total. The van der Waals surface area contributed by atoms with Gasteiger partial charge in [0, 0.05) is 22.5 Å². The van der Waals surface area contributed by atoms with E-state index >= 15 is 0 Å². The van der Waals surface area contributed by atoms with Crippen LogP contribution in [0.3, 0.4) is 0 Å². The predicted molar refractivity (Wildman–Crippen MR) is 71.8 cm³/mol. The number of carbonyl (C=O) groups is 1. The lowest BCUT2D eigenvalue weighted by atomic mass is 10.2. The lowest BCUT2D eigenvalue weighted by Gasteiger charge is -2.23. The minimum absolute atomic E-state index is 0.0773. The van der Waals surface area contributed by atoms with Gasteiger partial charge in [-0.25, -0.2) is 0 Å². The van der Waals surface area contributed by atoms with Crippen molar-refractivity contribution < 1.29 is 18.0 Å². The highest BCUT2D eigenvalue weighted by Gasteiger charge is 2.33. The van der Waals surface area contributed by atoms with Crippen LogP contribution < -0.4 is 0 Å². The molecular weight excluding hydrogens is 370 g/mol. The molecule has 0 aliphatic heterocycles. The van der Waals surface area contributed by atoms with Crippen molar-refractivity contribution >= 4 is 45.0 Å². The van der Waals surface area contributed by atoms with Gasteiger partial charge in [0.2, 0.25) is 0 Å². The molecule has 2 nitrogen and oxygen atoms in total. The molecule has 0 aliphatic rings. The molecule has 0 aliphatic carbocycles. The second-order valence-electron chi connectivity index (χ2n) is 3.66. The predicted octanol–water partition coefficient (Wildman–Crippen LogP) is 4.35. The van der Waals surface area contributed by atoms with E-state index in [2.05, 4.69) is 15.9 Å². The number of nitrogens with zero attached hydrogens (tertiary/aromatic N) is 1. The van der Waals surface area contributed by atoms with Crippen molar-refractivity contribution in [2.75, 3.05) is 19.0 Å². The Kier molecular flexibility index (Phi) is 5.95. The quantitative estimate of drug-likeness (QED) is 0.713. The number of benzene rings is 1. The molecule has 0 saturated heterocycles. The summed E-state index contributed by atoms with van der Waals surface area (Å²) >= 11 is 14.4. The van der Waals surface area contributed by atoms with Crippen molar-refractivity contribution in [1.29, 1.82) is 0 Å². The van der Waals surface area contributed by atoms with Gasteiger partial charge in [-0.15, -0.1) is 11.6 Å². The molecule has 106 valence electrons. The topological polar surface area (TPSA) is 20.3 Å². The largest absolute Gasteiger partial charge is 0.406 e. The summed E-state index contributed by atoms with van der Waals surface area (Å²) in [6.45, 7) is -1.53. The van der Waals surface area contributed by atoms with Gasteiger partial charge < -0.3 is 4.90 Å². The number of hydrogen-bond acceptors (Lipinski definition) is 1. The summed E-state index contributed by atoms with van der Waals surface area (Å²) in [6.07, 6.45) is -4.47. The van der Waals surface area contributed by atoms with E-state index in [9.17, 15) is 18.0 Å². The summed E-state index contributed by atoms with van der Waals surface area (Å²) in [5.41, 5.74) is 0.0857. The molecule has 0 atom stereocenters. The van der Waals surface area contributed by atoms with E-state index in [-0.39, 0.29) is 23.0 Å². The average Bonchev–Trinajstić information content (AvgIpc) is 2.29. The zero-order chi connectivity index (χ0) is 14.6. The van der Waals surface area contributed by atoms with Gasteiger partial charge in [0.15, 0.2) is 0 Å².